The summed E-state index contributed by atoms with van der Waals surface area (Å²) in [5.74, 6) is 0.327. The lowest BCUT2D eigenvalue weighted by Crippen LogP contribution is -2.30. The van der Waals surface area contributed by atoms with Crippen LogP contribution < -0.4 is 5.73 Å². The molecule has 0 saturated carbocycles. The molecule has 0 aliphatic rings. The average molecular weight is 400 g/mol. The van der Waals surface area contributed by atoms with Crippen molar-refractivity contribution in [1.82, 2.24) is 14.5 Å². The first-order chi connectivity index (χ1) is 12.9. The molecule has 2 aromatic rings. The smallest absolute Gasteiger partial charge is 0.194 e. The van der Waals surface area contributed by atoms with Gasteiger partial charge in [0.25, 0.3) is 0 Å². The highest BCUT2D eigenvalue weighted by Crippen LogP contribution is 2.33. The summed E-state index contributed by atoms with van der Waals surface area (Å²) in [7, 11) is -2.09. The van der Waals surface area contributed by atoms with E-state index < -0.39 is 27.0 Å². The molecule has 0 amide bonds. The number of hydrogen-bond acceptors (Lipinski definition) is 8. The van der Waals surface area contributed by atoms with Gasteiger partial charge in [-0.05, 0) is 25.8 Å². The van der Waals surface area contributed by atoms with Crippen molar-refractivity contribution in [2.24, 2.45) is 0 Å². The third kappa shape index (κ3) is 5.49. The van der Waals surface area contributed by atoms with Crippen molar-refractivity contribution in [3.8, 4) is 0 Å². The molecule has 0 aliphatic heterocycles. The van der Waals surface area contributed by atoms with Gasteiger partial charge in [0.15, 0.2) is 14.3 Å². The molecule has 27 heavy (non-hydrogen) atoms. The van der Waals surface area contributed by atoms with Crippen molar-refractivity contribution in [1.29, 1.82) is 0 Å². The van der Waals surface area contributed by atoms with E-state index in [9.17, 15) is 14.8 Å². The Kier molecular flexibility index (Phi) is 8.19. The quantitative estimate of drug-likeness (QED) is 0.488. The van der Waals surface area contributed by atoms with Crippen LogP contribution in [0.5, 0.6) is 0 Å². The van der Waals surface area contributed by atoms with E-state index in [1.807, 2.05) is 20.8 Å². The topological polar surface area (TPSA) is 133 Å². The van der Waals surface area contributed by atoms with E-state index in [0.717, 1.165) is 6.42 Å². The number of aliphatic hydroxyl groups is 2. The van der Waals surface area contributed by atoms with Gasteiger partial charge < -0.3 is 29.8 Å². The Morgan fingerprint density at radius 3 is 2.78 bits per heavy atom. The maximum atomic E-state index is 12.0. The fourth-order valence-corrected chi connectivity index (χ4v) is 3.64. The number of nitrogen functional groups attached to an aromatic ring is 1. The van der Waals surface area contributed by atoms with E-state index in [1.54, 1.807) is 16.8 Å². The predicted octanol–water partition coefficient (Wildman–Crippen LogP) is 1.95. The van der Waals surface area contributed by atoms with Crippen LogP contribution in [0.1, 0.15) is 39.8 Å². The van der Waals surface area contributed by atoms with Crippen molar-refractivity contribution in [3.05, 3.63) is 18.6 Å². The van der Waals surface area contributed by atoms with Crippen LogP contribution in [-0.4, -0.2) is 55.8 Å². The van der Waals surface area contributed by atoms with E-state index >= 15 is 0 Å². The van der Waals surface area contributed by atoms with Crippen molar-refractivity contribution in [3.63, 3.8) is 0 Å². The lowest BCUT2D eigenvalue weighted by Gasteiger charge is -2.25. The number of hydrogen-bond donors (Lipinski definition) is 3. The fraction of sp³-hybridized carbons (Fsp3) is 0.647. The van der Waals surface area contributed by atoms with Gasteiger partial charge in [0, 0.05) is 11.9 Å². The van der Waals surface area contributed by atoms with Gasteiger partial charge in [0.05, 0.1) is 24.7 Å². The Hall–Kier alpha value is -1.51. The number of anilines is 1. The van der Waals surface area contributed by atoms with Crippen LogP contribution in [0.15, 0.2) is 18.6 Å². The number of nitrogens with zero attached hydrogens (tertiary/aromatic N) is 3. The minimum Gasteiger partial charge on any atom is -0.394 e. The Morgan fingerprint density at radius 1 is 1.37 bits per heavy atom. The summed E-state index contributed by atoms with van der Waals surface area (Å²) >= 11 is 0. The molecule has 2 heterocycles. The van der Waals surface area contributed by atoms with Gasteiger partial charge in [0.2, 0.25) is 0 Å². The second kappa shape index (κ2) is 10.1. The van der Waals surface area contributed by atoms with Gasteiger partial charge in [-0.15, -0.1) is 0 Å². The first-order valence-corrected chi connectivity index (χ1v) is 10.5. The van der Waals surface area contributed by atoms with E-state index in [-0.39, 0.29) is 18.4 Å². The monoisotopic (exact) mass is 400 g/mol. The van der Waals surface area contributed by atoms with Gasteiger partial charge in [-0.2, -0.15) is 0 Å². The van der Waals surface area contributed by atoms with Gasteiger partial charge in [-0.25, -0.2) is 9.97 Å². The molecule has 0 saturated heterocycles. The number of aliphatic hydroxyl groups excluding tert-OH is 2. The summed E-state index contributed by atoms with van der Waals surface area (Å²) in [6, 6.07) is 1.73. The Balaban J connectivity index is 2.03. The molecule has 152 valence electrons. The molecular formula is C17H29N4O5P. The summed E-state index contributed by atoms with van der Waals surface area (Å²) in [5, 5.41) is 20.2. The second-order valence-electron chi connectivity index (χ2n) is 6.58. The first-order valence-electron chi connectivity index (χ1n) is 9.07. The highest BCUT2D eigenvalue weighted by atomic mass is 31.1. The molecule has 0 bridgehead atoms. The zero-order valence-electron chi connectivity index (χ0n) is 15.9. The third-order valence-electron chi connectivity index (χ3n) is 4.48. The first kappa shape index (κ1) is 21.8. The largest absolute Gasteiger partial charge is 0.394 e. The third-order valence-corrected chi connectivity index (χ3v) is 6.32. The van der Waals surface area contributed by atoms with E-state index in [4.69, 9.17) is 15.0 Å². The Morgan fingerprint density at radius 2 is 2.11 bits per heavy atom. The van der Waals surface area contributed by atoms with Crippen LogP contribution in [0.4, 0.5) is 5.82 Å². The maximum Gasteiger partial charge on any atom is 0.194 e. The summed E-state index contributed by atoms with van der Waals surface area (Å²) < 4.78 is 25.0. The zero-order valence-corrected chi connectivity index (χ0v) is 16.9. The number of ether oxygens (including phenoxy) is 1. The lowest BCUT2D eigenvalue weighted by molar-refractivity contribution is -0.0996. The molecule has 4 unspecified atom stereocenters. The minimum absolute atomic E-state index is 0.0405. The Labute approximate surface area is 159 Å². The fourth-order valence-electron chi connectivity index (χ4n) is 2.56. The minimum atomic E-state index is -2.09. The van der Waals surface area contributed by atoms with Crippen LogP contribution in [0.2, 0.25) is 0 Å². The van der Waals surface area contributed by atoms with Crippen LogP contribution in [0, 0.1) is 0 Å². The van der Waals surface area contributed by atoms with E-state index in [2.05, 4.69) is 9.97 Å². The molecular weight excluding hydrogens is 371 g/mol. The number of nitrogens with two attached hydrogens (primary N) is 1. The SMILES string of the molecule is CCC(C)[PH](=O)OC(C)CCOC([C@H](O)CO)n1ccc2c(N)ncnc21. The predicted molar refractivity (Wildman–Crippen MR) is 104 cm³/mol. The summed E-state index contributed by atoms with van der Waals surface area (Å²) in [5.41, 5.74) is 6.39. The lowest BCUT2D eigenvalue weighted by atomic mass is 10.3. The molecule has 0 spiro atoms. The molecule has 4 N–H and O–H groups in total. The Bertz CT molecular complexity index is 756. The molecule has 2 rings (SSSR count). The molecule has 0 fully saturated rings. The van der Waals surface area contributed by atoms with E-state index in [0.29, 0.717) is 23.3 Å². The highest BCUT2D eigenvalue weighted by molar-refractivity contribution is 7.40. The van der Waals surface area contributed by atoms with Crippen LogP contribution in [-0.2, 0) is 13.8 Å². The molecule has 0 aromatic carbocycles. The second-order valence-corrected chi connectivity index (χ2v) is 8.44. The number of rotatable bonds is 11. The molecule has 0 aliphatic carbocycles. The molecule has 9 nitrogen and oxygen atoms in total. The van der Waals surface area contributed by atoms with Crippen LogP contribution >= 0.6 is 8.03 Å². The highest BCUT2D eigenvalue weighted by Gasteiger charge is 2.24. The molecule has 0 radical (unpaired) electrons. The van der Waals surface area contributed by atoms with Crippen LogP contribution in [0.3, 0.4) is 0 Å². The van der Waals surface area contributed by atoms with E-state index in [1.165, 1.54) is 6.33 Å². The summed E-state index contributed by atoms with van der Waals surface area (Å²) in [6.45, 7) is 5.49. The maximum absolute atomic E-state index is 12.0. The summed E-state index contributed by atoms with van der Waals surface area (Å²) in [4.78, 5) is 8.12. The van der Waals surface area contributed by atoms with Gasteiger partial charge in [0.1, 0.15) is 23.9 Å². The normalized spacial score (nSPS) is 17.5. The van der Waals surface area contributed by atoms with Gasteiger partial charge in [-0.3, -0.25) is 4.57 Å². The molecule has 10 heteroatoms. The van der Waals surface area contributed by atoms with Crippen molar-refractivity contribution in [2.45, 2.75) is 57.7 Å². The van der Waals surface area contributed by atoms with Crippen molar-refractivity contribution >= 4 is 24.9 Å². The van der Waals surface area contributed by atoms with Gasteiger partial charge in [-0.1, -0.05) is 13.8 Å². The number of fused-ring (bicyclic) bond motifs is 1. The average Bonchev–Trinajstić information content (AvgIpc) is 3.09. The standard InChI is InChI=1S/C17H29N4O5P/c1-4-12(3)27(24)26-11(2)6-8-25-17(14(23)9-22)21-7-5-13-15(18)19-10-20-16(13)21/h5,7,10-12,14,17,22-23,27H,4,6,8-9H2,1-3H3,(H2,18,19,20)/t11?,12?,14-,17?/m1/s1. The molecule has 2 aromatic heterocycles. The van der Waals surface area contributed by atoms with Crippen molar-refractivity contribution in [2.75, 3.05) is 18.9 Å². The van der Waals surface area contributed by atoms with Crippen molar-refractivity contribution < 1.29 is 24.0 Å². The van der Waals surface area contributed by atoms with Crippen LogP contribution in [0.25, 0.3) is 11.0 Å². The van der Waals surface area contributed by atoms with Gasteiger partial charge >= 0.3 is 0 Å². The molecule has 5 atom stereocenters. The summed E-state index contributed by atoms with van der Waals surface area (Å²) in [6.07, 6.45) is 2.08. The number of aromatic nitrogens is 3. The zero-order chi connectivity index (χ0) is 20.0.